The summed E-state index contributed by atoms with van der Waals surface area (Å²) in [6.45, 7) is 31.5. The van der Waals surface area contributed by atoms with Crippen molar-refractivity contribution >= 4 is 59.3 Å². The summed E-state index contributed by atoms with van der Waals surface area (Å²) < 4.78 is 27.4. The summed E-state index contributed by atoms with van der Waals surface area (Å²) in [5.41, 5.74) is 24.6. The molecule has 8 aromatic carbocycles. The maximum Gasteiger partial charge on any atom is 0.494 e. The fraction of sp³-hybridized carbons (Fsp3) is 0.568. The smallest absolute Gasteiger partial charge is 0.399 e. The Morgan fingerprint density at radius 1 is 0.227 bits per heavy atom. The lowest BCUT2D eigenvalue weighted by molar-refractivity contribution is 0.00578. The topological polar surface area (TPSA) is 43.4 Å². The average molecular weight is 1600 g/mol. The second kappa shape index (κ2) is 41.2. The van der Waals surface area contributed by atoms with Crippen LogP contribution in [-0.4, -0.2) is 36.6 Å². The molecule has 0 saturated carbocycles. The summed E-state index contributed by atoms with van der Waals surface area (Å²) in [6, 6.07) is 68.9. The van der Waals surface area contributed by atoms with Crippen LogP contribution in [0.25, 0.3) is 33.4 Å². The molecule has 0 N–H and O–H groups in total. The van der Waals surface area contributed by atoms with Crippen LogP contribution in [0, 0.1) is 0 Å². The predicted molar refractivity (Wildman–Crippen MR) is 514 cm³/mol. The fourth-order valence-electron chi connectivity index (χ4n) is 21.7. The van der Waals surface area contributed by atoms with Gasteiger partial charge in [-0.3, -0.25) is 0 Å². The molecular formula is C111H154B2N2O4. The van der Waals surface area contributed by atoms with E-state index in [0.717, 1.165) is 35.1 Å². The number of nitrogens with zero attached hydrogens (tertiary/aromatic N) is 2. The molecule has 8 heteroatoms. The molecule has 0 unspecified atom stereocenters. The zero-order valence-corrected chi connectivity index (χ0v) is 77.0. The van der Waals surface area contributed by atoms with Crippen molar-refractivity contribution in [2.75, 3.05) is 9.80 Å². The Labute approximate surface area is 725 Å². The minimum Gasteiger partial charge on any atom is -0.399 e. The summed E-state index contributed by atoms with van der Waals surface area (Å²) in [6.07, 6.45) is 52.9. The quantitative estimate of drug-likeness (QED) is 0.0280. The molecule has 0 atom stereocenters. The van der Waals surface area contributed by atoms with Crippen LogP contribution in [0.1, 0.15) is 400 Å². The monoisotopic (exact) mass is 1600 g/mol. The molecule has 13 rings (SSSR count). The molecule has 0 radical (unpaired) electrons. The predicted octanol–water partition coefficient (Wildman–Crippen LogP) is 32.5. The van der Waals surface area contributed by atoms with Gasteiger partial charge in [-0.05, 0) is 221 Å². The van der Waals surface area contributed by atoms with E-state index in [2.05, 4.69) is 277 Å². The minimum absolute atomic E-state index is 0.0824. The Morgan fingerprint density at radius 3 is 0.756 bits per heavy atom. The Bertz CT molecular complexity index is 4180. The first kappa shape index (κ1) is 90.1. The van der Waals surface area contributed by atoms with E-state index >= 15 is 0 Å². The van der Waals surface area contributed by atoms with Crippen molar-refractivity contribution in [1.82, 2.24) is 0 Å². The molecular weight excluding hydrogens is 1450 g/mol. The van der Waals surface area contributed by atoms with Crippen molar-refractivity contribution in [2.45, 2.75) is 405 Å². The normalized spacial score (nSPS) is 16.9. The molecule has 2 heterocycles. The van der Waals surface area contributed by atoms with Crippen molar-refractivity contribution in [3.8, 4) is 33.4 Å². The van der Waals surface area contributed by atoms with Crippen LogP contribution in [0.4, 0.5) is 34.1 Å². The van der Waals surface area contributed by atoms with Gasteiger partial charge in [0.25, 0.3) is 0 Å². The lowest BCUT2D eigenvalue weighted by atomic mass is 9.70. The number of anilines is 6. The van der Waals surface area contributed by atoms with Gasteiger partial charge < -0.3 is 28.4 Å². The standard InChI is InChI=1S/C111H154B2N2O4/c1-15-21-27-33-39-49-77-109(78-50-40-34-28-22-16-2)95-59-47-45-57-93(95)103-97(109)61-55-63-101(103)114(87-69-65-85(66-70-87)112-116-105(7,8)106(9,10)117-112)89-73-75-91-92-76-74-90(84-100(92)111(99(91)83-89,81-53-43-37-31-25-19-5)82-54-44-38-32-26-20-6)115(88-71-67-86(68-72-88)113-118-107(11,12)108(13,14)119-113)102-64-56-62-98-104(102)94-58-46-48-60-96(94)110(98,79-51-41-35-29-23-17-3)80-52-42-36-30-24-18-4/h45-48,55-76,83-84H,15-44,49-54,77-82H2,1-14H3. The maximum absolute atomic E-state index is 6.84. The largest absolute Gasteiger partial charge is 0.494 e. The highest BCUT2D eigenvalue weighted by Gasteiger charge is 2.54. The van der Waals surface area contributed by atoms with Crippen molar-refractivity contribution in [2.24, 2.45) is 0 Å². The van der Waals surface area contributed by atoms with E-state index < -0.39 is 36.6 Å². The number of hydrogen-bond donors (Lipinski definition) is 0. The molecule has 6 nitrogen and oxygen atoms in total. The van der Waals surface area contributed by atoms with Crippen molar-refractivity contribution in [3.63, 3.8) is 0 Å². The van der Waals surface area contributed by atoms with Crippen LogP contribution in [0.2, 0.25) is 0 Å². The number of hydrogen-bond acceptors (Lipinski definition) is 6. The van der Waals surface area contributed by atoms with Crippen molar-refractivity contribution in [1.29, 1.82) is 0 Å². The van der Waals surface area contributed by atoms with Gasteiger partial charge in [-0.15, -0.1) is 0 Å². The highest BCUT2D eigenvalue weighted by atomic mass is 16.7. The molecule has 0 bridgehead atoms. The van der Waals surface area contributed by atoms with E-state index in [0.29, 0.717) is 0 Å². The second-order valence-corrected chi connectivity index (χ2v) is 39.3. The highest BCUT2D eigenvalue weighted by Crippen LogP contribution is 2.63. The number of fused-ring (bicyclic) bond motifs is 9. The van der Waals surface area contributed by atoms with Crippen molar-refractivity contribution < 1.29 is 18.6 Å². The molecule has 5 aliphatic rings. The zero-order valence-electron chi connectivity index (χ0n) is 77.0. The van der Waals surface area contributed by atoms with Gasteiger partial charge in [0.15, 0.2) is 0 Å². The Hall–Kier alpha value is -6.67. The summed E-state index contributed by atoms with van der Waals surface area (Å²) in [5.74, 6) is 0. The number of unbranched alkanes of at least 4 members (excludes halogenated alkanes) is 30. The summed E-state index contributed by atoms with van der Waals surface area (Å²) in [4.78, 5) is 5.40. The van der Waals surface area contributed by atoms with E-state index in [4.69, 9.17) is 18.6 Å². The van der Waals surface area contributed by atoms with Gasteiger partial charge in [0.2, 0.25) is 0 Å². The first-order chi connectivity index (χ1) is 57.8. The first-order valence-electron chi connectivity index (χ1n) is 49.1. The van der Waals surface area contributed by atoms with Crippen molar-refractivity contribution in [3.05, 3.63) is 203 Å². The van der Waals surface area contributed by atoms with E-state index in [9.17, 15) is 0 Å². The summed E-state index contributed by atoms with van der Waals surface area (Å²) >= 11 is 0. The molecule has 3 aliphatic carbocycles. The van der Waals surface area contributed by atoms with E-state index in [-0.39, 0.29) is 16.2 Å². The lowest BCUT2D eigenvalue weighted by Crippen LogP contribution is -2.41. The molecule has 0 aromatic heterocycles. The number of benzene rings is 8. The Kier molecular flexibility index (Phi) is 31.2. The summed E-state index contributed by atoms with van der Waals surface area (Å²) in [7, 11) is -0.942. The minimum atomic E-state index is -0.471. The van der Waals surface area contributed by atoms with Crippen LogP contribution in [0.5, 0.6) is 0 Å². The average Bonchev–Trinajstić information content (AvgIpc) is 1.56. The maximum atomic E-state index is 6.84. The molecule has 2 saturated heterocycles. The van der Waals surface area contributed by atoms with Crippen LogP contribution in [0.15, 0.2) is 170 Å². The van der Waals surface area contributed by atoms with Gasteiger partial charge in [0.1, 0.15) is 0 Å². The van der Waals surface area contributed by atoms with E-state index in [1.165, 1.54) is 346 Å². The van der Waals surface area contributed by atoms with Crippen LogP contribution >= 0.6 is 0 Å². The number of rotatable bonds is 50. The molecule has 2 fully saturated rings. The van der Waals surface area contributed by atoms with Gasteiger partial charge >= 0.3 is 14.2 Å². The zero-order chi connectivity index (χ0) is 83.7. The van der Waals surface area contributed by atoms with Gasteiger partial charge in [-0.1, -0.05) is 382 Å². The second-order valence-electron chi connectivity index (χ2n) is 39.3. The molecule has 2 aliphatic heterocycles. The fourth-order valence-corrected chi connectivity index (χ4v) is 21.7. The summed E-state index contributed by atoms with van der Waals surface area (Å²) in [5, 5.41) is 0. The first-order valence-corrected chi connectivity index (χ1v) is 49.1. The van der Waals surface area contributed by atoms with Gasteiger partial charge in [0, 0.05) is 50.1 Å². The lowest BCUT2D eigenvalue weighted by Gasteiger charge is -2.36. The highest BCUT2D eigenvalue weighted by molar-refractivity contribution is 6.62. The van der Waals surface area contributed by atoms with Gasteiger partial charge in [0.05, 0.1) is 33.8 Å². The molecule has 119 heavy (non-hydrogen) atoms. The molecule has 638 valence electrons. The van der Waals surface area contributed by atoms with Gasteiger partial charge in [-0.2, -0.15) is 0 Å². The third-order valence-electron chi connectivity index (χ3n) is 30.0. The molecule has 0 spiro atoms. The molecule has 8 aromatic rings. The third-order valence-corrected chi connectivity index (χ3v) is 30.0. The van der Waals surface area contributed by atoms with Crippen LogP contribution in [-0.2, 0) is 34.9 Å². The SMILES string of the molecule is CCCCCCCCC1(CCCCCCCC)c2cc(N(c3ccc(B4OC(C)(C)C(C)(C)O4)cc3)c3cccc4c3-c3ccccc3C4(CCCCCCCC)CCCCCCCC)ccc2-c2ccc(N(c3ccc(B4OC(C)(C)C(C)(C)O4)cc3)c3cccc4c3-c3ccccc3C4(CCCCCCCC)CCCCCCCC)cc21. The van der Waals surface area contributed by atoms with E-state index in [1.54, 1.807) is 0 Å². The van der Waals surface area contributed by atoms with Gasteiger partial charge in [-0.25, -0.2) is 0 Å². The van der Waals surface area contributed by atoms with E-state index in [1.807, 2.05) is 0 Å². The van der Waals surface area contributed by atoms with Crippen LogP contribution in [0.3, 0.4) is 0 Å². The Morgan fingerprint density at radius 2 is 0.471 bits per heavy atom. The third kappa shape index (κ3) is 19.5. The Balaban J connectivity index is 1.01. The molecule has 0 amide bonds. The van der Waals surface area contributed by atoms with Crippen LogP contribution < -0.4 is 20.7 Å².